The van der Waals surface area contributed by atoms with E-state index >= 15 is 0 Å². The van der Waals surface area contributed by atoms with Gasteiger partial charge in [-0.05, 0) is 32.0 Å². The number of likely N-dealkylation sites (tertiary alicyclic amines) is 1. The van der Waals surface area contributed by atoms with Crippen molar-refractivity contribution in [3.63, 3.8) is 0 Å². The van der Waals surface area contributed by atoms with Gasteiger partial charge in [0, 0.05) is 20.1 Å². The van der Waals surface area contributed by atoms with E-state index in [2.05, 4.69) is 16.9 Å². The number of rotatable bonds is 4. The van der Waals surface area contributed by atoms with Crippen LogP contribution in [0.1, 0.15) is 16.8 Å². The van der Waals surface area contributed by atoms with Gasteiger partial charge in [-0.25, -0.2) is 9.78 Å². The van der Waals surface area contributed by atoms with Crippen molar-refractivity contribution in [1.29, 1.82) is 0 Å². The number of carbonyl (C=O) groups is 1. The second kappa shape index (κ2) is 5.44. The molecule has 6 nitrogen and oxygen atoms in total. The van der Waals surface area contributed by atoms with Crippen LogP contribution in [0.15, 0.2) is 12.3 Å². The van der Waals surface area contributed by atoms with Gasteiger partial charge < -0.3 is 20.6 Å². The summed E-state index contributed by atoms with van der Waals surface area (Å²) in [5.41, 5.74) is 5.91. The van der Waals surface area contributed by atoms with Crippen LogP contribution in [-0.2, 0) is 0 Å². The number of carboxylic acid groups (broad SMARTS) is 1. The minimum Gasteiger partial charge on any atom is -0.478 e. The number of nitrogen functional groups attached to an aromatic ring is 1. The maximum atomic E-state index is 11.1. The lowest BCUT2D eigenvalue weighted by Gasteiger charge is -2.22. The first-order chi connectivity index (χ1) is 8.97. The lowest BCUT2D eigenvalue weighted by Crippen LogP contribution is -2.28. The Labute approximate surface area is 112 Å². The normalized spacial score (nSPS) is 19.6. The van der Waals surface area contributed by atoms with Crippen LogP contribution in [0.3, 0.4) is 0 Å². The molecule has 1 aliphatic rings. The molecule has 2 heterocycles. The van der Waals surface area contributed by atoms with E-state index in [0.29, 0.717) is 11.7 Å². The molecular formula is C13H20N4O2. The standard InChI is InChI=1S/C13H20N4O2/c1-16-4-3-9(7-16)8-17(2)12-5-10(13(18)19)11(14)6-15-12/h5-6,9H,3-4,7-8,14H2,1-2H3,(H,18,19). The smallest absolute Gasteiger partial charge is 0.337 e. The quantitative estimate of drug-likeness (QED) is 0.835. The molecule has 2 rings (SSSR count). The monoisotopic (exact) mass is 264 g/mol. The Kier molecular flexibility index (Phi) is 3.90. The van der Waals surface area contributed by atoms with Crippen LogP contribution in [-0.4, -0.2) is 54.7 Å². The van der Waals surface area contributed by atoms with E-state index in [9.17, 15) is 4.79 Å². The van der Waals surface area contributed by atoms with E-state index in [1.807, 2.05) is 11.9 Å². The third kappa shape index (κ3) is 3.14. The fourth-order valence-corrected chi connectivity index (χ4v) is 2.51. The predicted molar refractivity (Wildman–Crippen MR) is 74.5 cm³/mol. The molecule has 1 saturated heterocycles. The molecule has 0 saturated carbocycles. The molecule has 1 unspecified atom stereocenters. The van der Waals surface area contributed by atoms with Crippen molar-refractivity contribution in [2.45, 2.75) is 6.42 Å². The number of aromatic nitrogens is 1. The summed E-state index contributed by atoms with van der Waals surface area (Å²) in [5, 5.41) is 9.06. The Balaban J connectivity index is 2.08. The highest BCUT2D eigenvalue weighted by Gasteiger charge is 2.21. The molecule has 0 amide bonds. The molecule has 19 heavy (non-hydrogen) atoms. The lowest BCUT2D eigenvalue weighted by molar-refractivity contribution is 0.0698. The Hall–Kier alpha value is -1.82. The highest BCUT2D eigenvalue weighted by Crippen LogP contribution is 2.21. The number of pyridine rings is 1. The highest BCUT2D eigenvalue weighted by molar-refractivity contribution is 5.94. The van der Waals surface area contributed by atoms with Crippen molar-refractivity contribution in [3.8, 4) is 0 Å². The van der Waals surface area contributed by atoms with Crippen LogP contribution in [0.2, 0.25) is 0 Å². The van der Waals surface area contributed by atoms with Gasteiger partial charge in [-0.3, -0.25) is 0 Å². The molecule has 3 N–H and O–H groups in total. The molecule has 1 aromatic heterocycles. The minimum absolute atomic E-state index is 0.111. The van der Waals surface area contributed by atoms with Gasteiger partial charge >= 0.3 is 5.97 Å². The molecule has 1 aliphatic heterocycles. The fourth-order valence-electron chi connectivity index (χ4n) is 2.51. The van der Waals surface area contributed by atoms with Gasteiger partial charge in [0.05, 0.1) is 17.4 Å². The lowest BCUT2D eigenvalue weighted by atomic mass is 10.1. The van der Waals surface area contributed by atoms with Crippen LogP contribution in [0.4, 0.5) is 11.5 Å². The predicted octanol–water partition coefficient (Wildman–Crippen LogP) is 0.750. The zero-order valence-electron chi connectivity index (χ0n) is 11.3. The summed E-state index contributed by atoms with van der Waals surface area (Å²) < 4.78 is 0. The Bertz CT molecular complexity index is 478. The van der Waals surface area contributed by atoms with Crippen molar-refractivity contribution in [2.75, 3.05) is 44.4 Å². The maximum absolute atomic E-state index is 11.1. The van der Waals surface area contributed by atoms with Crippen LogP contribution >= 0.6 is 0 Å². The van der Waals surface area contributed by atoms with E-state index in [0.717, 1.165) is 19.6 Å². The molecular weight excluding hydrogens is 244 g/mol. The first-order valence-electron chi connectivity index (χ1n) is 6.36. The molecule has 0 spiro atoms. The molecule has 1 aromatic rings. The average molecular weight is 264 g/mol. The van der Waals surface area contributed by atoms with Gasteiger partial charge in [0.25, 0.3) is 0 Å². The maximum Gasteiger partial charge on any atom is 0.337 e. The van der Waals surface area contributed by atoms with Gasteiger partial charge in [-0.2, -0.15) is 0 Å². The average Bonchev–Trinajstić information content (AvgIpc) is 2.74. The molecule has 0 aromatic carbocycles. The minimum atomic E-state index is -1.02. The summed E-state index contributed by atoms with van der Waals surface area (Å²) in [4.78, 5) is 19.6. The number of anilines is 2. The van der Waals surface area contributed by atoms with Crippen LogP contribution in [0.25, 0.3) is 0 Å². The number of nitrogens with zero attached hydrogens (tertiary/aromatic N) is 3. The Morgan fingerprint density at radius 2 is 2.42 bits per heavy atom. The van der Waals surface area contributed by atoms with Gasteiger partial charge in [0.2, 0.25) is 0 Å². The number of hydrogen-bond acceptors (Lipinski definition) is 5. The van der Waals surface area contributed by atoms with Gasteiger partial charge in [0.15, 0.2) is 0 Å². The van der Waals surface area contributed by atoms with Gasteiger partial charge in [0.1, 0.15) is 5.82 Å². The first-order valence-corrected chi connectivity index (χ1v) is 6.36. The van der Waals surface area contributed by atoms with E-state index in [4.69, 9.17) is 10.8 Å². The zero-order valence-corrected chi connectivity index (χ0v) is 11.3. The van der Waals surface area contributed by atoms with Crippen molar-refractivity contribution in [1.82, 2.24) is 9.88 Å². The van der Waals surface area contributed by atoms with Gasteiger partial charge in [-0.15, -0.1) is 0 Å². The molecule has 6 heteroatoms. The van der Waals surface area contributed by atoms with E-state index in [-0.39, 0.29) is 11.3 Å². The van der Waals surface area contributed by atoms with E-state index < -0.39 is 5.97 Å². The summed E-state index contributed by atoms with van der Waals surface area (Å²) >= 11 is 0. The van der Waals surface area contributed by atoms with Crippen LogP contribution in [0.5, 0.6) is 0 Å². The zero-order chi connectivity index (χ0) is 14.0. The summed E-state index contributed by atoms with van der Waals surface area (Å²) in [7, 11) is 4.05. The first kappa shape index (κ1) is 13.6. The summed E-state index contributed by atoms with van der Waals surface area (Å²) in [6, 6.07) is 1.54. The molecule has 1 atom stereocenters. The molecule has 104 valence electrons. The summed E-state index contributed by atoms with van der Waals surface area (Å²) in [5.74, 6) is 0.235. The fraction of sp³-hybridized carbons (Fsp3) is 0.538. The van der Waals surface area contributed by atoms with Gasteiger partial charge in [-0.1, -0.05) is 0 Å². The van der Waals surface area contributed by atoms with Crippen LogP contribution in [0, 0.1) is 5.92 Å². The number of carboxylic acids is 1. The third-order valence-corrected chi connectivity index (χ3v) is 3.56. The highest BCUT2D eigenvalue weighted by atomic mass is 16.4. The molecule has 1 fully saturated rings. The van der Waals surface area contributed by atoms with E-state index in [1.165, 1.54) is 18.7 Å². The molecule has 0 aliphatic carbocycles. The molecule has 0 bridgehead atoms. The summed E-state index contributed by atoms with van der Waals surface area (Å²) in [6.45, 7) is 3.07. The van der Waals surface area contributed by atoms with Crippen LogP contribution < -0.4 is 10.6 Å². The summed E-state index contributed by atoms with van der Waals surface area (Å²) in [6.07, 6.45) is 2.58. The second-order valence-corrected chi connectivity index (χ2v) is 5.23. The third-order valence-electron chi connectivity index (χ3n) is 3.56. The second-order valence-electron chi connectivity index (χ2n) is 5.23. The SMILES string of the molecule is CN1CCC(CN(C)c2cc(C(=O)O)c(N)cn2)C1. The molecule has 0 radical (unpaired) electrons. The Morgan fingerprint density at radius 3 is 3.00 bits per heavy atom. The van der Waals surface area contributed by atoms with Crippen molar-refractivity contribution in [3.05, 3.63) is 17.8 Å². The largest absolute Gasteiger partial charge is 0.478 e. The van der Waals surface area contributed by atoms with Crippen molar-refractivity contribution in [2.24, 2.45) is 5.92 Å². The Morgan fingerprint density at radius 1 is 1.68 bits per heavy atom. The number of nitrogens with two attached hydrogens (primary N) is 1. The van der Waals surface area contributed by atoms with Crippen molar-refractivity contribution < 1.29 is 9.90 Å². The number of hydrogen-bond donors (Lipinski definition) is 2. The number of aromatic carboxylic acids is 1. The topological polar surface area (TPSA) is 82.7 Å². The van der Waals surface area contributed by atoms with E-state index in [1.54, 1.807) is 0 Å². The van der Waals surface area contributed by atoms with Crippen molar-refractivity contribution >= 4 is 17.5 Å².